The molecule has 0 heterocycles. The molecule has 1 N–H and O–H groups in total. The monoisotopic (exact) mass is 342 g/mol. The molecule has 0 aromatic heterocycles. The van der Waals surface area contributed by atoms with Crippen molar-refractivity contribution < 1.29 is 9.53 Å². The van der Waals surface area contributed by atoms with Crippen LogP contribution in [0, 0.1) is 0 Å². The maximum atomic E-state index is 11.7. The molecule has 0 aliphatic rings. The smallest absolute Gasteiger partial charge is 0.277 e. The van der Waals surface area contributed by atoms with Crippen molar-refractivity contribution in [2.45, 2.75) is 53.4 Å². The number of allylic oxidation sites excluding steroid dienone is 4. The molecule has 0 fully saturated rings. The number of nitrogens with one attached hydrogen (secondary N) is 1. The van der Waals surface area contributed by atoms with Gasteiger partial charge in [-0.25, -0.2) is 5.43 Å². The molecule has 0 aliphatic carbocycles. The maximum absolute atomic E-state index is 11.7. The molecule has 1 amide bonds. The number of benzene rings is 1. The fraction of sp³-hybridized carbons (Fsp3) is 0.429. The van der Waals surface area contributed by atoms with Gasteiger partial charge in [0, 0.05) is 6.21 Å². The van der Waals surface area contributed by atoms with E-state index in [1.165, 1.54) is 16.7 Å². The molecule has 25 heavy (non-hydrogen) atoms. The van der Waals surface area contributed by atoms with Crippen LogP contribution in [0.25, 0.3) is 0 Å². The van der Waals surface area contributed by atoms with Crippen molar-refractivity contribution in [2.24, 2.45) is 5.10 Å². The first-order valence-corrected chi connectivity index (χ1v) is 8.72. The van der Waals surface area contributed by atoms with Gasteiger partial charge < -0.3 is 4.74 Å². The molecule has 0 bridgehead atoms. The van der Waals surface area contributed by atoms with E-state index in [0.29, 0.717) is 11.7 Å². The Morgan fingerprint density at radius 2 is 1.88 bits per heavy atom. The summed E-state index contributed by atoms with van der Waals surface area (Å²) in [6, 6.07) is 7.78. The first kappa shape index (κ1) is 20.7. The lowest BCUT2D eigenvalue weighted by atomic mass is 10.0. The normalized spacial score (nSPS) is 11.7. The Labute approximate surface area is 151 Å². The Morgan fingerprint density at radius 3 is 2.48 bits per heavy atom. The van der Waals surface area contributed by atoms with Crippen LogP contribution in [0.2, 0.25) is 0 Å². The van der Waals surface area contributed by atoms with Crippen molar-refractivity contribution in [2.75, 3.05) is 6.61 Å². The molecule has 0 spiro atoms. The Balaban J connectivity index is 2.31. The summed E-state index contributed by atoms with van der Waals surface area (Å²) in [5, 5.41) is 3.91. The number of hydrazone groups is 1. The van der Waals surface area contributed by atoms with Gasteiger partial charge >= 0.3 is 0 Å². The van der Waals surface area contributed by atoms with E-state index in [4.69, 9.17) is 4.74 Å². The zero-order valence-corrected chi connectivity index (χ0v) is 16.0. The van der Waals surface area contributed by atoms with Crippen molar-refractivity contribution in [3.8, 4) is 5.75 Å². The fourth-order valence-electron chi connectivity index (χ4n) is 2.08. The van der Waals surface area contributed by atoms with Crippen LogP contribution in [0.5, 0.6) is 5.75 Å². The lowest BCUT2D eigenvalue weighted by Gasteiger charge is -2.08. The summed E-state index contributed by atoms with van der Waals surface area (Å²) in [4.78, 5) is 11.7. The van der Waals surface area contributed by atoms with E-state index in [1.807, 2.05) is 30.3 Å². The third-order valence-electron chi connectivity index (χ3n) is 3.63. The molecule has 4 heteroatoms. The molecule has 0 aliphatic heterocycles. The van der Waals surface area contributed by atoms with E-state index >= 15 is 0 Å². The molecule has 1 aromatic carbocycles. The molecule has 0 saturated heterocycles. The SMILES string of the molecule is CC(C)=CCCC(C)=CC=NNC(=O)COc1ccc(C(C)C)cc1. The van der Waals surface area contributed by atoms with E-state index in [-0.39, 0.29) is 12.5 Å². The molecular weight excluding hydrogens is 312 g/mol. The van der Waals surface area contributed by atoms with Crippen LogP contribution in [0.1, 0.15) is 58.9 Å². The Hall–Kier alpha value is -2.36. The van der Waals surface area contributed by atoms with Gasteiger partial charge in [0.1, 0.15) is 5.75 Å². The van der Waals surface area contributed by atoms with E-state index in [0.717, 1.165) is 12.8 Å². The number of ether oxygens (including phenoxy) is 1. The third kappa shape index (κ3) is 9.50. The second-order valence-electron chi connectivity index (χ2n) is 6.66. The average Bonchev–Trinajstić information content (AvgIpc) is 2.57. The Kier molecular flexibility index (Phi) is 9.30. The summed E-state index contributed by atoms with van der Waals surface area (Å²) in [7, 11) is 0. The van der Waals surface area contributed by atoms with Gasteiger partial charge in [-0.15, -0.1) is 0 Å². The summed E-state index contributed by atoms with van der Waals surface area (Å²) in [6.45, 7) is 10.5. The largest absolute Gasteiger partial charge is 0.484 e. The summed E-state index contributed by atoms with van der Waals surface area (Å²) >= 11 is 0. The highest BCUT2D eigenvalue weighted by molar-refractivity contribution is 5.79. The molecule has 1 rings (SSSR count). The fourth-order valence-corrected chi connectivity index (χ4v) is 2.08. The van der Waals surface area contributed by atoms with Gasteiger partial charge in [0.2, 0.25) is 0 Å². The second kappa shape index (κ2) is 11.2. The van der Waals surface area contributed by atoms with Crippen LogP contribution in [0.4, 0.5) is 0 Å². The zero-order chi connectivity index (χ0) is 18.7. The molecule has 136 valence electrons. The number of carbonyl (C=O) groups excluding carboxylic acids is 1. The van der Waals surface area contributed by atoms with Gasteiger partial charge in [0.05, 0.1) is 0 Å². The predicted octanol–water partition coefficient (Wildman–Crippen LogP) is 4.98. The van der Waals surface area contributed by atoms with Crippen LogP contribution in [0.3, 0.4) is 0 Å². The van der Waals surface area contributed by atoms with Crippen LogP contribution < -0.4 is 10.2 Å². The van der Waals surface area contributed by atoms with E-state index in [1.54, 1.807) is 6.21 Å². The summed E-state index contributed by atoms with van der Waals surface area (Å²) < 4.78 is 5.45. The standard InChI is InChI=1S/C21H30N2O2/c1-16(2)7-6-8-18(5)13-14-22-23-21(24)15-25-20-11-9-19(10-12-20)17(3)4/h7,9-14,17H,6,8,15H2,1-5H3,(H,23,24). The summed E-state index contributed by atoms with van der Waals surface area (Å²) in [5.41, 5.74) is 6.25. The minimum atomic E-state index is -0.278. The van der Waals surface area contributed by atoms with Gasteiger partial charge in [0.15, 0.2) is 6.61 Å². The average molecular weight is 342 g/mol. The summed E-state index contributed by atoms with van der Waals surface area (Å²) in [5.74, 6) is 0.878. The lowest BCUT2D eigenvalue weighted by Crippen LogP contribution is -2.24. The zero-order valence-electron chi connectivity index (χ0n) is 16.0. The van der Waals surface area contributed by atoms with Crippen LogP contribution in [-0.4, -0.2) is 18.7 Å². The minimum absolute atomic E-state index is 0.0539. The van der Waals surface area contributed by atoms with Gasteiger partial charge in [0.25, 0.3) is 5.91 Å². The number of hydrogen-bond donors (Lipinski definition) is 1. The molecule has 4 nitrogen and oxygen atoms in total. The molecule has 0 atom stereocenters. The predicted molar refractivity (Wildman–Crippen MR) is 105 cm³/mol. The first-order valence-electron chi connectivity index (χ1n) is 8.72. The minimum Gasteiger partial charge on any atom is -0.484 e. The second-order valence-corrected chi connectivity index (χ2v) is 6.66. The van der Waals surface area contributed by atoms with Gasteiger partial charge in [-0.2, -0.15) is 5.10 Å². The molecule has 0 unspecified atom stereocenters. The number of nitrogens with zero attached hydrogens (tertiary/aromatic N) is 1. The Morgan fingerprint density at radius 1 is 1.20 bits per heavy atom. The van der Waals surface area contributed by atoms with Crippen molar-refractivity contribution in [1.82, 2.24) is 5.43 Å². The van der Waals surface area contributed by atoms with Gasteiger partial charge in [-0.05, 0) is 63.3 Å². The van der Waals surface area contributed by atoms with Crippen molar-refractivity contribution in [3.05, 3.63) is 53.1 Å². The van der Waals surface area contributed by atoms with E-state index in [2.05, 4.69) is 51.2 Å². The van der Waals surface area contributed by atoms with Crippen molar-refractivity contribution in [3.63, 3.8) is 0 Å². The highest BCUT2D eigenvalue weighted by atomic mass is 16.5. The Bertz CT molecular complexity index is 622. The van der Waals surface area contributed by atoms with Crippen molar-refractivity contribution in [1.29, 1.82) is 0 Å². The van der Waals surface area contributed by atoms with Crippen molar-refractivity contribution >= 4 is 12.1 Å². The number of amides is 1. The topological polar surface area (TPSA) is 50.7 Å². The number of carbonyl (C=O) groups is 1. The quantitative estimate of drug-likeness (QED) is 0.391. The maximum Gasteiger partial charge on any atom is 0.277 e. The van der Waals surface area contributed by atoms with Crippen LogP contribution in [0.15, 0.2) is 52.7 Å². The highest BCUT2D eigenvalue weighted by Crippen LogP contribution is 2.18. The van der Waals surface area contributed by atoms with E-state index in [9.17, 15) is 4.79 Å². The lowest BCUT2D eigenvalue weighted by molar-refractivity contribution is -0.123. The molecular formula is C21H30N2O2. The number of hydrogen-bond acceptors (Lipinski definition) is 3. The van der Waals surface area contributed by atoms with Crippen LogP contribution in [-0.2, 0) is 4.79 Å². The molecule has 1 aromatic rings. The molecule has 0 saturated carbocycles. The number of rotatable bonds is 9. The van der Waals surface area contributed by atoms with Crippen LogP contribution >= 0.6 is 0 Å². The molecule has 0 radical (unpaired) electrons. The highest BCUT2D eigenvalue weighted by Gasteiger charge is 2.02. The van der Waals surface area contributed by atoms with Gasteiger partial charge in [-0.1, -0.05) is 43.2 Å². The summed E-state index contributed by atoms with van der Waals surface area (Å²) in [6.07, 6.45) is 7.73. The van der Waals surface area contributed by atoms with E-state index < -0.39 is 0 Å². The third-order valence-corrected chi connectivity index (χ3v) is 3.63. The van der Waals surface area contributed by atoms with Gasteiger partial charge in [-0.3, -0.25) is 4.79 Å². The first-order chi connectivity index (χ1) is 11.9.